The van der Waals surface area contributed by atoms with Crippen LogP contribution in [-0.4, -0.2) is 133 Å². The minimum absolute atomic E-state index is 0.265. The second-order valence-electron chi connectivity index (χ2n) is 36.8. The largest absolute Gasteiger partial charge is 0.463 e. The van der Waals surface area contributed by atoms with Crippen molar-refractivity contribution in [1.82, 2.24) is 0 Å². The van der Waals surface area contributed by atoms with Crippen molar-refractivity contribution >= 4 is 11.8 Å². The minimum Gasteiger partial charge on any atom is -0.463 e. The van der Waals surface area contributed by atoms with Gasteiger partial charge in [0.25, 0.3) is 0 Å². The van der Waals surface area contributed by atoms with Crippen LogP contribution in [0.5, 0.6) is 0 Å². The maximum absolute atomic E-state index is 13.9. The van der Waals surface area contributed by atoms with Gasteiger partial charge >= 0.3 is 5.97 Å². The van der Waals surface area contributed by atoms with Gasteiger partial charge in [0.05, 0.1) is 18.6 Å². The molecular formula is C98H188O14. The summed E-state index contributed by atoms with van der Waals surface area (Å²) >= 11 is 0. The van der Waals surface area contributed by atoms with Crippen LogP contribution in [0.2, 0.25) is 0 Å². The van der Waals surface area contributed by atoms with Crippen LogP contribution in [0.4, 0.5) is 0 Å². The third-order valence-corrected chi connectivity index (χ3v) is 26.5. The van der Waals surface area contributed by atoms with E-state index in [-0.39, 0.29) is 5.92 Å². The number of aliphatic hydroxyl groups is 8. The zero-order valence-electron chi connectivity index (χ0n) is 74.0. The molecule has 14 nitrogen and oxygen atoms in total. The third kappa shape index (κ3) is 54.1. The average Bonchev–Trinajstić information content (AvgIpc) is 1.07. The van der Waals surface area contributed by atoms with E-state index in [0.717, 1.165) is 82.0 Å². The predicted molar refractivity (Wildman–Crippen MR) is 465 cm³/mol. The lowest BCUT2D eigenvalue weighted by Crippen LogP contribution is -2.63. The van der Waals surface area contributed by atoms with Crippen molar-refractivity contribution < 1.29 is 69.4 Å². The maximum atomic E-state index is 13.9. The number of ether oxygens (including phenoxy) is 4. The molecule has 0 aromatic rings. The van der Waals surface area contributed by atoms with Gasteiger partial charge in [0.2, 0.25) is 0 Å². The van der Waals surface area contributed by atoms with E-state index in [1.54, 1.807) is 0 Å². The van der Waals surface area contributed by atoms with Gasteiger partial charge < -0.3 is 59.8 Å². The molecule has 3 rings (SSSR count). The lowest BCUT2D eigenvalue weighted by Gasteiger charge is -2.44. The van der Waals surface area contributed by atoms with E-state index in [9.17, 15) is 50.4 Å². The van der Waals surface area contributed by atoms with Crippen molar-refractivity contribution in [3.05, 3.63) is 0 Å². The van der Waals surface area contributed by atoms with E-state index in [4.69, 9.17) is 18.9 Å². The summed E-state index contributed by atoms with van der Waals surface area (Å²) in [5.74, 6) is 2.28. The number of carbonyl (C=O) groups excluding carboxylic acids is 2. The second kappa shape index (κ2) is 73.6. The summed E-state index contributed by atoms with van der Waals surface area (Å²) in [6.07, 6.45) is 78.5. The van der Waals surface area contributed by atoms with Gasteiger partial charge in [-0.15, -0.1) is 0 Å². The number of hydrogen-bond acceptors (Lipinski definition) is 14. The summed E-state index contributed by atoms with van der Waals surface area (Å²) < 4.78 is 22.5. The average molecular weight is 1590 g/mol. The molecule has 3 aliphatic rings. The van der Waals surface area contributed by atoms with Crippen LogP contribution in [0.1, 0.15) is 503 Å². The quantitative estimate of drug-likeness (QED) is 0.0209. The Balaban J connectivity index is 1.13. The fourth-order valence-electron chi connectivity index (χ4n) is 18.3. The van der Waals surface area contributed by atoms with E-state index < -0.39 is 92.6 Å². The summed E-state index contributed by atoms with van der Waals surface area (Å²) in [4.78, 5) is 26.6. The molecule has 0 radical (unpaired) electrons. The number of aliphatic hydroxyl groups excluding tert-OH is 8. The SMILES string of the molecule is CCCCCCCCCCCCCCCCCCCCCCCC[C@@H](C(=O)OC[C@H]1O[C@H](O[C@H]2O[C@H](CO)[C@@H](O)[C@H](O)[C@H]2O)[C@H](O)[C@@H](O)[C@@H]1O)[C@H](O)CCCCCCCCCCCCCCCC1CC1C(C)CCCCCCCCCCCCCCCCCCC(=O)C(C)CCCCCCCCCCCCCCCCCC. The molecule has 4 unspecified atom stereocenters. The van der Waals surface area contributed by atoms with E-state index in [1.807, 2.05) is 0 Å². The Labute approximate surface area is 690 Å². The molecule has 16 atom stereocenters. The number of ketones is 1. The van der Waals surface area contributed by atoms with Crippen LogP contribution in [0, 0.1) is 29.6 Å². The molecule has 2 saturated heterocycles. The molecule has 2 aliphatic heterocycles. The topological polar surface area (TPSA) is 233 Å². The number of carbonyl (C=O) groups is 2. The number of rotatable bonds is 84. The van der Waals surface area contributed by atoms with Gasteiger partial charge in [-0.2, -0.15) is 0 Å². The van der Waals surface area contributed by atoms with Gasteiger partial charge in [-0.05, 0) is 49.9 Å². The molecule has 0 amide bonds. The highest BCUT2D eigenvalue weighted by molar-refractivity contribution is 5.80. The number of hydrogen-bond donors (Lipinski definition) is 8. The standard InChI is InChI=1S/C98H188O14/c1-5-7-9-11-13-15-17-19-21-23-24-25-26-27-28-33-39-45-51-57-63-69-75-84(96(108)109-80-89-91(103)93(105)95(107)98(111-89)112-97-94(106)92(104)90(102)88(79-99)110-97)87(101)77-71-65-59-53-47-41-35-38-44-50-56-62-68-74-83-78-85(83)81(3)72-66-60-54-48-42-36-32-29-30-34-40-46-52-58-64-70-76-86(100)82(4)73-67-61-55-49-43-37-31-22-20-18-16-14-12-10-8-6-2/h81-85,87-95,97-99,101-107H,5-80H2,1-4H3/t81?,82?,83?,84-,85?,87-,88-,89-,90-,91-,92+,93+,94-,95-,97-,98-/m1/s1. The van der Waals surface area contributed by atoms with Crippen molar-refractivity contribution in [3.63, 3.8) is 0 Å². The Morgan fingerprint density at radius 1 is 0.339 bits per heavy atom. The van der Waals surface area contributed by atoms with Crippen LogP contribution < -0.4 is 0 Å². The molecule has 3 fully saturated rings. The Morgan fingerprint density at radius 2 is 0.625 bits per heavy atom. The zero-order valence-corrected chi connectivity index (χ0v) is 74.0. The first-order valence-electron chi connectivity index (χ1n) is 49.8. The predicted octanol–water partition coefficient (Wildman–Crippen LogP) is 25.1. The lowest BCUT2D eigenvalue weighted by molar-refractivity contribution is -0.376. The van der Waals surface area contributed by atoms with Crippen LogP contribution in [0.3, 0.4) is 0 Å². The first-order chi connectivity index (χ1) is 54.7. The van der Waals surface area contributed by atoms with Crippen molar-refractivity contribution in [2.24, 2.45) is 29.6 Å². The van der Waals surface area contributed by atoms with Crippen LogP contribution in [-0.2, 0) is 28.5 Å². The van der Waals surface area contributed by atoms with E-state index >= 15 is 0 Å². The molecule has 0 aromatic carbocycles. The van der Waals surface area contributed by atoms with Gasteiger partial charge in [0, 0.05) is 12.3 Å². The molecule has 0 spiro atoms. The smallest absolute Gasteiger partial charge is 0.311 e. The van der Waals surface area contributed by atoms with Crippen molar-refractivity contribution in [3.8, 4) is 0 Å². The Morgan fingerprint density at radius 3 is 0.973 bits per heavy atom. The number of Topliss-reactive ketones (excluding diaryl/α,β-unsaturated/α-hetero) is 1. The van der Waals surface area contributed by atoms with Crippen molar-refractivity contribution in [1.29, 1.82) is 0 Å². The Kier molecular flexibility index (Phi) is 68.9. The first kappa shape index (κ1) is 105. The highest BCUT2D eigenvalue weighted by Crippen LogP contribution is 2.49. The summed E-state index contributed by atoms with van der Waals surface area (Å²) in [6.45, 7) is 8.08. The molecule has 8 N–H and O–H groups in total. The van der Waals surface area contributed by atoms with Crippen LogP contribution >= 0.6 is 0 Å². The molecular weight excluding hydrogens is 1400 g/mol. The number of unbranched alkanes of at least 4 members (excludes halogenated alkanes) is 63. The van der Waals surface area contributed by atoms with E-state index in [0.29, 0.717) is 18.6 Å². The van der Waals surface area contributed by atoms with Gasteiger partial charge in [-0.25, -0.2) is 0 Å². The first-order valence-corrected chi connectivity index (χ1v) is 49.8. The maximum Gasteiger partial charge on any atom is 0.311 e. The summed E-state index contributed by atoms with van der Waals surface area (Å²) in [5.41, 5.74) is 0. The highest BCUT2D eigenvalue weighted by atomic mass is 16.8. The molecule has 112 heavy (non-hydrogen) atoms. The van der Waals surface area contributed by atoms with Crippen molar-refractivity contribution in [2.75, 3.05) is 13.2 Å². The van der Waals surface area contributed by atoms with E-state index in [1.165, 1.54) is 398 Å². The monoisotopic (exact) mass is 1590 g/mol. The zero-order chi connectivity index (χ0) is 81.0. The second-order valence-corrected chi connectivity index (χ2v) is 36.8. The Hall–Kier alpha value is -1.30. The Bertz CT molecular complexity index is 2050. The lowest BCUT2D eigenvalue weighted by atomic mass is 9.91. The van der Waals surface area contributed by atoms with Gasteiger partial charge in [0.15, 0.2) is 12.6 Å². The summed E-state index contributed by atoms with van der Waals surface area (Å²) in [7, 11) is 0. The van der Waals surface area contributed by atoms with Gasteiger partial charge in [0.1, 0.15) is 61.2 Å². The molecule has 664 valence electrons. The molecule has 14 heteroatoms. The third-order valence-electron chi connectivity index (χ3n) is 26.5. The van der Waals surface area contributed by atoms with Gasteiger partial charge in [-0.3, -0.25) is 9.59 Å². The fraction of sp³-hybridized carbons (Fsp3) is 0.980. The molecule has 0 bridgehead atoms. The highest BCUT2D eigenvalue weighted by Gasteiger charge is 2.50. The number of esters is 1. The van der Waals surface area contributed by atoms with Gasteiger partial charge in [-0.1, -0.05) is 464 Å². The minimum atomic E-state index is -1.83. The summed E-state index contributed by atoms with van der Waals surface area (Å²) in [6, 6.07) is 0. The van der Waals surface area contributed by atoms with Crippen LogP contribution in [0.25, 0.3) is 0 Å². The molecule has 0 aromatic heterocycles. The molecule has 1 aliphatic carbocycles. The summed E-state index contributed by atoms with van der Waals surface area (Å²) in [5, 5.41) is 84.7. The molecule has 1 saturated carbocycles. The fourth-order valence-corrected chi connectivity index (χ4v) is 18.3. The van der Waals surface area contributed by atoms with Crippen molar-refractivity contribution in [2.45, 2.75) is 570 Å². The normalized spacial score (nSPS) is 23.0. The van der Waals surface area contributed by atoms with E-state index in [2.05, 4.69) is 27.7 Å². The van der Waals surface area contributed by atoms with Crippen LogP contribution in [0.15, 0.2) is 0 Å². The molecule has 2 heterocycles.